The summed E-state index contributed by atoms with van der Waals surface area (Å²) in [4.78, 5) is 0. The average molecular weight is 331 g/mol. The van der Waals surface area contributed by atoms with E-state index >= 15 is 0 Å². The summed E-state index contributed by atoms with van der Waals surface area (Å²) in [6.07, 6.45) is 3.95. The first kappa shape index (κ1) is 16.5. The van der Waals surface area contributed by atoms with Crippen LogP contribution in [0.3, 0.4) is 0 Å². The van der Waals surface area contributed by atoms with Crippen molar-refractivity contribution in [3.05, 3.63) is 41.7 Å². The average Bonchev–Trinajstić information content (AvgIpc) is 3.36. The van der Waals surface area contributed by atoms with Crippen molar-refractivity contribution >= 4 is 11.8 Å². The number of hydrogen-bond acceptors (Lipinski definition) is 4. The highest BCUT2D eigenvalue weighted by Crippen LogP contribution is 2.40. The van der Waals surface area contributed by atoms with Gasteiger partial charge in [0, 0.05) is 11.7 Å². The zero-order valence-corrected chi connectivity index (χ0v) is 14.7. The van der Waals surface area contributed by atoms with Crippen LogP contribution in [0.15, 0.2) is 35.5 Å². The molecule has 1 aromatic heterocycles. The summed E-state index contributed by atoms with van der Waals surface area (Å²) in [7, 11) is 0. The first-order valence-corrected chi connectivity index (χ1v) is 9.46. The number of thioether (sulfide) groups is 1. The molecule has 0 bridgehead atoms. The van der Waals surface area contributed by atoms with Gasteiger partial charge < -0.3 is 9.67 Å². The Bertz CT molecular complexity index is 633. The van der Waals surface area contributed by atoms with E-state index in [2.05, 4.69) is 39.0 Å². The van der Waals surface area contributed by atoms with Gasteiger partial charge in [0.1, 0.15) is 5.82 Å². The van der Waals surface area contributed by atoms with Crippen molar-refractivity contribution in [2.75, 3.05) is 5.75 Å². The third kappa shape index (κ3) is 3.96. The van der Waals surface area contributed by atoms with Crippen LogP contribution < -0.4 is 0 Å². The number of aromatic nitrogens is 3. The highest BCUT2D eigenvalue weighted by molar-refractivity contribution is 7.99. The van der Waals surface area contributed by atoms with Crippen LogP contribution in [-0.4, -0.2) is 31.2 Å². The zero-order chi connectivity index (χ0) is 16.3. The lowest BCUT2D eigenvalue weighted by molar-refractivity contribution is 0.0571. The van der Waals surface area contributed by atoms with Crippen LogP contribution in [0.1, 0.15) is 56.8 Å². The lowest BCUT2D eigenvalue weighted by Gasteiger charge is -2.24. The van der Waals surface area contributed by atoms with Crippen molar-refractivity contribution in [3.63, 3.8) is 0 Å². The Morgan fingerprint density at radius 2 is 1.87 bits per heavy atom. The number of aliphatic hydroxyl groups is 1. The molecule has 3 rings (SSSR count). The molecular weight excluding hydrogens is 306 g/mol. The summed E-state index contributed by atoms with van der Waals surface area (Å²) in [5.41, 5.74) is 0.644. The number of hydrogen-bond donors (Lipinski definition) is 1. The van der Waals surface area contributed by atoms with Crippen LogP contribution >= 0.6 is 11.8 Å². The number of rotatable bonds is 8. The second-order valence-electron chi connectivity index (χ2n) is 6.41. The van der Waals surface area contributed by atoms with Crippen molar-refractivity contribution in [1.82, 2.24) is 14.8 Å². The van der Waals surface area contributed by atoms with Crippen LogP contribution in [0, 0.1) is 0 Å². The molecule has 1 saturated carbocycles. The van der Waals surface area contributed by atoms with Gasteiger partial charge in [-0.25, -0.2) is 0 Å². The van der Waals surface area contributed by atoms with Crippen molar-refractivity contribution in [2.24, 2.45) is 0 Å². The van der Waals surface area contributed by atoms with Crippen LogP contribution in [0.5, 0.6) is 0 Å². The normalized spacial score (nSPS) is 15.1. The van der Waals surface area contributed by atoms with E-state index in [9.17, 15) is 5.11 Å². The summed E-state index contributed by atoms with van der Waals surface area (Å²) in [6.45, 7) is 4.88. The van der Waals surface area contributed by atoms with Crippen LogP contribution in [-0.2, 0) is 6.54 Å². The van der Waals surface area contributed by atoms with Crippen molar-refractivity contribution in [2.45, 2.75) is 62.8 Å². The number of benzene rings is 1. The molecule has 5 heteroatoms. The third-order valence-electron chi connectivity index (χ3n) is 4.66. The summed E-state index contributed by atoms with van der Waals surface area (Å²) < 4.78 is 2.24. The lowest BCUT2D eigenvalue weighted by Crippen LogP contribution is -2.29. The van der Waals surface area contributed by atoms with Gasteiger partial charge in [0.05, 0.1) is 12.1 Å². The van der Waals surface area contributed by atoms with Gasteiger partial charge >= 0.3 is 0 Å². The summed E-state index contributed by atoms with van der Waals surface area (Å²) >= 11 is 1.63. The number of nitrogens with zero attached hydrogens (tertiary/aromatic N) is 3. The highest BCUT2D eigenvalue weighted by Gasteiger charge is 2.31. The largest absolute Gasteiger partial charge is 0.389 e. The molecule has 1 fully saturated rings. The maximum atomic E-state index is 10.5. The minimum atomic E-state index is -0.617. The SMILES string of the molecule is CCC(O)(CC)CSc1nnc(C2CC2)n1Cc1ccccc1. The highest BCUT2D eigenvalue weighted by atomic mass is 32.2. The summed E-state index contributed by atoms with van der Waals surface area (Å²) in [5.74, 6) is 2.34. The van der Waals surface area contributed by atoms with E-state index in [-0.39, 0.29) is 0 Å². The molecule has 1 aromatic carbocycles. The second-order valence-corrected chi connectivity index (χ2v) is 7.35. The van der Waals surface area contributed by atoms with E-state index in [0.717, 1.165) is 30.4 Å². The van der Waals surface area contributed by atoms with E-state index in [1.165, 1.54) is 18.4 Å². The standard InChI is InChI=1S/C18H25N3OS/c1-3-18(22,4-2)13-23-17-20-19-16(15-10-11-15)21(17)12-14-8-6-5-7-9-14/h5-9,15,22H,3-4,10-13H2,1-2H3. The fraction of sp³-hybridized carbons (Fsp3) is 0.556. The molecule has 0 atom stereocenters. The predicted octanol–water partition coefficient (Wildman–Crippen LogP) is 3.85. The van der Waals surface area contributed by atoms with Crippen LogP contribution in [0.2, 0.25) is 0 Å². The smallest absolute Gasteiger partial charge is 0.191 e. The van der Waals surface area contributed by atoms with E-state index < -0.39 is 5.60 Å². The van der Waals surface area contributed by atoms with Gasteiger partial charge in [0.2, 0.25) is 0 Å². The molecule has 0 spiro atoms. The molecule has 1 aliphatic rings. The fourth-order valence-corrected chi connectivity index (χ4v) is 3.84. The molecule has 0 radical (unpaired) electrons. The van der Waals surface area contributed by atoms with Gasteiger partial charge in [-0.05, 0) is 31.2 Å². The topological polar surface area (TPSA) is 50.9 Å². The fourth-order valence-electron chi connectivity index (χ4n) is 2.62. The Hall–Kier alpha value is -1.33. The first-order chi connectivity index (χ1) is 11.1. The van der Waals surface area contributed by atoms with E-state index in [1.807, 2.05) is 19.9 Å². The maximum absolute atomic E-state index is 10.5. The predicted molar refractivity (Wildman–Crippen MR) is 93.8 cm³/mol. The molecular formula is C18H25N3OS. The first-order valence-electron chi connectivity index (χ1n) is 8.47. The van der Waals surface area contributed by atoms with Crippen LogP contribution in [0.25, 0.3) is 0 Å². The van der Waals surface area contributed by atoms with Gasteiger partial charge in [-0.2, -0.15) is 0 Å². The Kier molecular flexibility index (Phi) is 5.07. The Balaban J connectivity index is 1.80. The second kappa shape index (κ2) is 7.05. The van der Waals surface area contributed by atoms with Gasteiger partial charge in [-0.3, -0.25) is 0 Å². The molecule has 0 saturated heterocycles. The molecule has 23 heavy (non-hydrogen) atoms. The molecule has 1 N–H and O–H groups in total. The summed E-state index contributed by atoms with van der Waals surface area (Å²) in [6, 6.07) is 10.4. The van der Waals surface area contributed by atoms with E-state index in [1.54, 1.807) is 11.8 Å². The Labute approximate surface area is 142 Å². The third-order valence-corrected chi connectivity index (χ3v) is 5.90. The lowest BCUT2D eigenvalue weighted by atomic mass is 10.0. The molecule has 4 nitrogen and oxygen atoms in total. The zero-order valence-electron chi connectivity index (χ0n) is 13.9. The minimum absolute atomic E-state index is 0.566. The van der Waals surface area contributed by atoms with Crippen LogP contribution in [0.4, 0.5) is 0 Å². The van der Waals surface area contributed by atoms with Gasteiger partial charge in [-0.15, -0.1) is 10.2 Å². The maximum Gasteiger partial charge on any atom is 0.191 e. The molecule has 0 amide bonds. The van der Waals surface area contributed by atoms with Crippen molar-refractivity contribution in [1.29, 1.82) is 0 Å². The quantitative estimate of drug-likeness (QED) is 0.747. The van der Waals surface area contributed by atoms with Crippen molar-refractivity contribution in [3.8, 4) is 0 Å². The van der Waals surface area contributed by atoms with Gasteiger partial charge in [0.25, 0.3) is 0 Å². The molecule has 0 unspecified atom stereocenters. The molecule has 0 aliphatic heterocycles. The Morgan fingerprint density at radius 3 is 2.48 bits per heavy atom. The Morgan fingerprint density at radius 1 is 1.17 bits per heavy atom. The minimum Gasteiger partial charge on any atom is -0.389 e. The molecule has 1 aliphatic carbocycles. The van der Waals surface area contributed by atoms with Gasteiger partial charge in [0.15, 0.2) is 5.16 Å². The molecule has 1 heterocycles. The summed E-state index contributed by atoms with van der Waals surface area (Å²) in [5, 5.41) is 20.3. The van der Waals surface area contributed by atoms with Gasteiger partial charge in [-0.1, -0.05) is 55.9 Å². The molecule has 2 aromatic rings. The monoisotopic (exact) mass is 331 g/mol. The van der Waals surface area contributed by atoms with E-state index in [0.29, 0.717) is 11.7 Å². The molecule has 124 valence electrons. The van der Waals surface area contributed by atoms with Crippen molar-refractivity contribution < 1.29 is 5.11 Å². The van der Waals surface area contributed by atoms with E-state index in [4.69, 9.17) is 0 Å².